The molecular formula is C25H35F2N3O3. The Hall–Kier alpha value is -2.55. The van der Waals surface area contributed by atoms with Crippen LogP contribution in [0.15, 0.2) is 36.4 Å². The van der Waals surface area contributed by atoms with Crippen molar-refractivity contribution in [3.63, 3.8) is 0 Å². The molecule has 5 N–H and O–H groups in total. The molecule has 33 heavy (non-hydrogen) atoms. The molecule has 6 nitrogen and oxygen atoms in total. The van der Waals surface area contributed by atoms with E-state index in [0.29, 0.717) is 24.6 Å². The fourth-order valence-corrected chi connectivity index (χ4v) is 3.78. The monoisotopic (exact) mass is 463 g/mol. The van der Waals surface area contributed by atoms with E-state index in [-0.39, 0.29) is 25.5 Å². The molecule has 0 fully saturated rings. The van der Waals surface area contributed by atoms with E-state index >= 15 is 0 Å². The lowest BCUT2D eigenvalue weighted by atomic mass is 9.99. The zero-order valence-electron chi connectivity index (χ0n) is 19.5. The van der Waals surface area contributed by atoms with Crippen LogP contribution in [0.2, 0.25) is 0 Å². The number of carbonyl (C=O) groups is 1. The molecule has 2 atom stereocenters. The SMILES string of the molecule is CC(=O)NC(Cc1cc(F)cc(F)c1)C(O)CNCc1cc(CC(C)C)ccc1NCCO. The molecule has 2 aromatic rings. The lowest BCUT2D eigenvalue weighted by molar-refractivity contribution is -0.120. The van der Waals surface area contributed by atoms with Crippen LogP contribution in [-0.2, 0) is 24.2 Å². The molecule has 2 unspecified atom stereocenters. The van der Waals surface area contributed by atoms with Gasteiger partial charge >= 0.3 is 0 Å². The predicted octanol–water partition coefficient (Wildman–Crippen LogP) is 2.77. The van der Waals surface area contributed by atoms with E-state index in [2.05, 4.69) is 41.9 Å². The van der Waals surface area contributed by atoms with Crippen molar-refractivity contribution in [1.82, 2.24) is 10.6 Å². The third-order valence-corrected chi connectivity index (χ3v) is 5.14. The van der Waals surface area contributed by atoms with Gasteiger partial charge in [-0.3, -0.25) is 4.79 Å². The number of aliphatic hydroxyl groups excluding tert-OH is 2. The summed E-state index contributed by atoms with van der Waals surface area (Å²) in [4.78, 5) is 11.6. The lowest BCUT2D eigenvalue weighted by Crippen LogP contribution is -2.48. The van der Waals surface area contributed by atoms with Gasteiger partial charge in [-0.2, -0.15) is 0 Å². The number of aliphatic hydroxyl groups is 2. The summed E-state index contributed by atoms with van der Waals surface area (Å²) < 4.78 is 27.1. The van der Waals surface area contributed by atoms with E-state index in [1.807, 2.05) is 6.07 Å². The van der Waals surface area contributed by atoms with Gasteiger partial charge < -0.3 is 26.2 Å². The Labute approximate surface area is 194 Å². The predicted molar refractivity (Wildman–Crippen MR) is 126 cm³/mol. The summed E-state index contributed by atoms with van der Waals surface area (Å²) in [6, 6.07) is 8.59. The molecule has 2 aromatic carbocycles. The maximum atomic E-state index is 13.5. The molecule has 182 valence electrons. The van der Waals surface area contributed by atoms with Gasteiger partial charge in [-0.15, -0.1) is 0 Å². The fourth-order valence-electron chi connectivity index (χ4n) is 3.78. The number of halogens is 2. The first kappa shape index (κ1) is 26.7. The van der Waals surface area contributed by atoms with Crippen LogP contribution in [0.4, 0.5) is 14.5 Å². The van der Waals surface area contributed by atoms with E-state index in [4.69, 9.17) is 5.11 Å². The van der Waals surface area contributed by atoms with Crippen LogP contribution in [0.25, 0.3) is 0 Å². The molecule has 0 radical (unpaired) electrons. The Bertz CT molecular complexity index is 888. The largest absolute Gasteiger partial charge is 0.395 e. The number of anilines is 1. The number of benzene rings is 2. The summed E-state index contributed by atoms with van der Waals surface area (Å²) in [5.41, 5.74) is 3.44. The van der Waals surface area contributed by atoms with E-state index in [1.54, 1.807) is 0 Å². The quantitative estimate of drug-likeness (QED) is 0.315. The van der Waals surface area contributed by atoms with Gasteiger partial charge in [0.15, 0.2) is 0 Å². The van der Waals surface area contributed by atoms with Crippen LogP contribution in [0.3, 0.4) is 0 Å². The molecule has 2 rings (SSSR count). The van der Waals surface area contributed by atoms with Crippen LogP contribution in [-0.4, -0.2) is 48.0 Å². The highest BCUT2D eigenvalue weighted by Gasteiger charge is 2.21. The second-order valence-electron chi connectivity index (χ2n) is 8.73. The summed E-state index contributed by atoms with van der Waals surface area (Å²) in [5, 5.41) is 28.9. The van der Waals surface area contributed by atoms with Crippen molar-refractivity contribution in [3.05, 3.63) is 64.7 Å². The average Bonchev–Trinajstić information content (AvgIpc) is 2.71. The third-order valence-electron chi connectivity index (χ3n) is 5.14. The minimum atomic E-state index is -0.979. The number of hydrogen-bond acceptors (Lipinski definition) is 5. The van der Waals surface area contributed by atoms with Crippen molar-refractivity contribution in [2.24, 2.45) is 5.92 Å². The van der Waals surface area contributed by atoms with Crippen LogP contribution in [0.5, 0.6) is 0 Å². The van der Waals surface area contributed by atoms with Gasteiger partial charge in [-0.25, -0.2) is 8.78 Å². The van der Waals surface area contributed by atoms with Gasteiger partial charge in [0.1, 0.15) is 11.6 Å². The average molecular weight is 464 g/mol. The van der Waals surface area contributed by atoms with E-state index in [1.165, 1.54) is 24.6 Å². The van der Waals surface area contributed by atoms with Crippen molar-refractivity contribution >= 4 is 11.6 Å². The molecule has 0 aromatic heterocycles. The first-order chi connectivity index (χ1) is 15.7. The summed E-state index contributed by atoms with van der Waals surface area (Å²) in [6.07, 6.45) is 0.0440. The zero-order chi connectivity index (χ0) is 24.4. The summed E-state index contributed by atoms with van der Waals surface area (Å²) in [7, 11) is 0. The Morgan fingerprint density at radius 1 is 1.03 bits per heavy atom. The fraction of sp³-hybridized carbons (Fsp3) is 0.480. The smallest absolute Gasteiger partial charge is 0.217 e. The first-order valence-electron chi connectivity index (χ1n) is 11.2. The van der Waals surface area contributed by atoms with Gasteiger partial charge in [0, 0.05) is 38.3 Å². The molecule has 0 spiro atoms. The minimum Gasteiger partial charge on any atom is -0.395 e. The van der Waals surface area contributed by atoms with Crippen molar-refractivity contribution < 1.29 is 23.8 Å². The maximum absolute atomic E-state index is 13.5. The Kier molecular flexibility index (Phi) is 10.7. The van der Waals surface area contributed by atoms with Gasteiger partial charge in [0.05, 0.1) is 18.8 Å². The summed E-state index contributed by atoms with van der Waals surface area (Å²) in [5.74, 6) is -1.24. The molecule has 1 amide bonds. The van der Waals surface area contributed by atoms with Gasteiger partial charge in [-0.05, 0) is 53.6 Å². The second-order valence-corrected chi connectivity index (χ2v) is 8.73. The zero-order valence-corrected chi connectivity index (χ0v) is 19.5. The number of hydrogen-bond donors (Lipinski definition) is 5. The molecule has 0 aliphatic heterocycles. The Morgan fingerprint density at radius 3 is 2.33 bits per heavy atom. The van der Waals surface area contributed by atoms with Crippen molar-refractivity contribution in [1.29, 1.82) is 0 Å². The molecule has 0 saturated heterocycles. The highest BCUT2D eigenvalue weighted by atomic mass is 19.1. The highest BCUT2D eigenvalue weighted by Crippen LogP contribution is 2.20. The molecule has 0 aliphatic carbocycles. The van der Waals surface area contributed by atoms with Crippen molar-refractivity contribution in [3.8, 4) is 0 Å². The standard InChI is InChI=1S/C25H35F2N3O3/c1-16(2)8-18-4-5-23(29-6-7-31)20(9-18)14-28-15-25(33)24(30-17(3)32)12-19-10-21(26)13-22(27)11-19/h4-5,9-11,13,16,24-25,28-29,31,33H,6-8,12,14-15H2,1-3H3,(H,30,32). The number of nitrogens with one attached hydrogen (secondary N) is 3. The van der Waals surface area contributed by atoms with Crippen molar-refractivity contribution in [2.75, 3.05) is 25.0 Å². The van der Waals surface area contributed by atoms with Gasteiger partial charge in [-0.1, -0.05) is 26.0 Å². The molecule has 0 aliphatic rings. The number of rotatable bonds is 13. The number of amides is 1. The van der Waals surface area contributed by atoms with Crippen LogP contribution < -0.4 is 16.0 Å². The number of carbonyl (C=O) groups excluding carboxylic acids is 1. The van der Waals surface area contributed by atoms with Crippen molar-refractivity contribution in [2.45, 2.75) is 52.3 Å². The molecule has 0 bridgehead atoms. The van der Waals surface area contributed by atoms with Crippen LogP contribution in [0, 0.1) is 17.6 Å². The minimum absolute atomic E-state index is 0.0123. The third kappa shape index (κ3) is 9.45. The summed E-state index contributed by atoms with van der Waals surface area (Å²) in [6.45, 7) is 6.69. The Balaban J connectivity index is 2.06. The summed E-state index contributed by atoms with van der Waals surface area (Å²) >= 11 is 0. The first-order valence-corrected chi connectivity index (χ1v) is 11.2. The molecule has 0 heterocycles. The topological polar surface area (TPSA) is 93.6 Å². The van der Waals surface area contributed by atoms with Gasteiger partial charge in [0.25, 0.3) is 0 Å². The van der Waals surface area contributed by atoms with Gasteiger partial charge in [0.2, 0.25) is 5.91 Å². The maximum Gasteiger partial charge on any atom is 0.217 e. The normalized spacial score (nSPS) is 13.1. The molecular weight excluding hydrogens is 428 g/mol. The van der Waals surface area contributed by atoms with E-state index in [9.17, 15) is 18.7 Å². The Morgan fingerprint density at radius 2 is 1.73 bits per heavy atom. The van der Waals surface area contributed by atoms with Crippen LogP contribution >= 0.6 is 0 Å². The molecule has 8 heteroatoms. The second kappa shape index (κ2) is 13.2. The van der Waals surface area contributed by atoms with Crippen LogP contribution in [0.1, 0.15) is 37.5 Å². The highest BCUT2D eigenvalue weighted by molar-refractivity contribution is 5.73. The van der Waals surface area contributed by atoms with E-state index in [0.717, 1.165) is 23.7 Å². The lowest BCUT2D eigenvalue weighted by Gasteiger charge is -2.24. The molecule has 0 saturated carbocycles. The van der Waals surface area contributed by atoms with E-state index < -0.39 is 23.8 Å².